The van der Waals surface area contributed by atoms with E-state index in [1.807, 2.05) is 0 Å². The number of fused-ring (bicyclic) bond motifs is 1. The number of nitrogens with zero attached hydrogens (tertiary/aromatic N) is 1. The molecule has 0 atom stereocenters. The fourth-order valence-electron chi connectivity index (χ4n) is 1.77. The molecule has 18 heavy (non-hydrogen) atoms. The van der Waals surface area contributed by atoms with Crippen molar-refractivity contribution in [2.24, 2.45) is 0 Å². The number of aromatic hydroxyl groups is 1. The summed E-state index contributed by atoms with van der Waals surface area (Å²) >= 11 is 0. The molecule has 1 aliphatic rings. The van der Waals surface area contributed by atoms with Crippen molar-refractivity contribution in [1.29, 1.82) is 0 Å². The van der Waals surface area contributed by atoms with Crippen LogP contribution in [-0.2, 0) is 13.1 Å². The Morgan fingerprint density at radius 2 is 2.06 bits per heavy atom. The van der Waals surface area contributed by atoms with Crippen LogP contribution in [0.25, 0.3) is 0 Å². The summed E-state index contributed by atoms with van der Waals surface area (Å²) in [5, 5.41) is 16.8. The second-order valence-electron chi connectivity index (χ2n) is 3.93. The van der Waals surface area contributed by atoms with Gasteiger partial charge in [0, 0.05) is 30.8 Å². The van der Waals surface area contributed by atoms with Crippen LogP contribution in [0.4, 0.5) is 0 Å². The van der Waals surface area contributed by atoms with E-state index in [0.29, 0.717) is 24.6 Å². The standard InChI is InChI=1S/C12H12N2O4/c15-10-4-12-11(16-7-17-12)3-8(10)5-13-6-9-1-2-18-14-9/h1-4,13,15H,5-7H2. The van der Waals surface area contributed by atoms with Gasteiger partial charge in [-0.3, -0.25) is 0 Å². The van der Waals surface area contributed by atoms with Crippen molar-refractivity contribution < 1.29 is 19.1 Å². The fraction of sp³-hybridized carbons (Fsp3) is 0.250. The highest BCUT2D eigenvalue weighted by molar-refractivity contribution is 5.51. The maximum Gasteiger partial charge on any atom is 0.231 e. The van der Waals surface area contributed by atoms with Gasteiger partial charge in [-0.2, -0.15) is 0 Å². The van der Waals surface area contributed by atoms with Crippen LogP contribution >= 0.6 is 0 Å². The topological polar surface area (TPSA) is 76.8 Å². The van der Waals surface area contributed by atoms with Gasteiger partial charge < -0.3 is 24.4 Å². The van der Waals surface area contributed by atoms with Crippen LogP contribution < -0.4 is 14.8 Å². The van der Waals surface area contributed by atoms with E-state index in [1.54, 1.807) is 18.2 Å². The quantitative estimate of drug-likeness (QED) is 0.851. The molecule has 0 unspecified atom stereocenters. The number of phenols is 1. The first-order valence-electron chi connectivity index (χ1n) is 5.54. The molecule has 6 nitrogen and oxygen atoms in total. The van der Waals surface area contributed by atoms with Crippen LogP contribution in [0.5, 0.6) is 17.2 Å². The van der Waals surface area contributed by atoms with Gasteiger partial charge in [0.2, 0.25) is 6.79 Å². The van der Waals surface area contributed by atoms with Crippen molar-refractivity contribution in [3.63, 3.8) is 0 Å². The molecule has 0 fully saturated rings. The van der Waals surface area contributed by atoms with Crippen molar-refractivity contribution in [3.05, 3.63) is 35.7 Å². The number of hydrogen-bond acceptors (Lipinski definition) is 6. The Bertz CT molecular complexity index is 539. The summed E-state index contributed by atoms with van der Waals surface area (Å²) in [7, 11) is 0. The van der Waals surface area contributed by atoms with Crippen LogP contribution in [-0.4, -0.2) is 17.1 Å². The molecule has 6 heteroatoms. The van der Waals surface area contributed by atoms with Crippen LogP contribution in [0, 0.1) is 0 Å². The molecule has 0 saturated heterocycles. The first-order chi connectivity index (χ1) is 8.83. The summed E-state index contributed by atoms with van der Waals surface area (Å²) in [5.41, 5.74) is 1.57. The number of rotatable bonds is 4. The zero-order valence-corrected chi connectivity index (χ0v) is 9.55. The van der Waals surface area contributed by atoms with Gasteiger partial charge in [0.1, 0.15) is 12.0 Å². The summed E-state index contributed by atoms with van der Waals surface area (Å²) in [6.45, 7) is 1.28. The first-order valence-corrected chi connectivity index (χ1v) is 5.54. The molecule has 3 rings (SSSR count). The lowest BCUT2D eigenvalue weighted by molar-refractivity contribution is 0.174. The largest absolute Gasteiger partial charge is 0.507 e. The second-order valence-corrected chi connectivity index (χ2v) is 3.93. The normalized spacial score (nSPS) is 12.9. The van der Waals surface area contributed by atoms with E-state index in [-0.39, 0.29) is 12.5 Å². The number of nitrogens with one attached hydrogen (secondary N) is 1. The summed E-state index contributed by atoms with van der Waals surface area (Å²) in [6.07, 6.45) is 1.52. The fourth-order valence-corrected chi connectivity index (χ4v) is 1.77. The van der Waals surface area contributed by atoms with Crippen molar-refractivity contribution in [1.82, 2.24) is 10.5 Å². The summed E-state index contributed by atoms with van der Waals surface area (Å²) in [4.78, 5) is 0. The van der Waals surface area contributed by atoms with Crippen molar-refractivity contribution >= 4 is 0 Å². The van der Waals surface area contributed by atoms with Crippen LogP contribution in [0.1, 0.15) is 11.3 Å². The number of benzene rings is 1. The number of aromatic nitrogens is 1. The van der Waals surface area contributed by atoms with E-state index in [0.717, 1.165) is 11.3 Å². The van der Waals surface area contributed by atoms with Crippen molar-refractivity contribution in [2.75, 3.05) is 6.79 Å². The Morgan fingerprint density at radius 3 is 2.83 bits per heavy atom. The SMILES string of the molecule is Oc1cc2c(cc1CNCc1ccon1)OCO2. The second kappa shape index (κ2) is 4.58. The van der Waals surface area contributed by atoms with E-state index in [2.05, 4.69) is 10.5 Å². The Labute approximate surface area is 103 Å². The monoisotopic (exact) mass is 248 g/mol. The van der Waals surface area contributed by atoms with Crippen LogP contribution in [0.2, 0.25) is 0 Å². The van der Waals surface area contributed by atoms with Crippen molar-refractivity contribution in [2.45, 2.75) is 13.1 Å². The van der Waals surface area contributed by atoms with Crippen LogP contribution in [0.15, 0.2) is 29.0 Å². The molecule has 2 heterocycles. The first kappa shape index (κ1) is 10.9. The third kappa shape index (κ3) is 2.10. The highest BCUT2D eigenvalue weighted by Crippen LogP contribution is 2.37. The van der Waals surface area contributed by atoms with E-state index < -0.39 is 0 Å². The molecule has 2 N–H and O–H groups in total. The van der Waals surface area contributed by atoms with Gasteiger partial charge in [-0.15, -0.1) is 0 Å². The predicted octanol–water partition coefficient (Wildman–Crippen LogP) is 1.40. The molecular formula is C12H12N2O4. The van der Waals surface area contributed by atoms with E-state index in [1.165, 1.54) is 6.26 Å². The molecule has 0 aliphatic carbocycles. The molecule has 0 saturated carbocycles. The third-order valence-electron chi connectivity index (χ3n) is 2.69. The molecule has 1 aliphatic heterocycles. The molecule has 1 aromatic carbocycles. The molecule has 2 aromatic rings. The Hall–Kier alpha value is -2.21. The van der Waals surface area contributed by atoms with E-state index in [4.69, 9.17) is 14.0 Å². The Kier molecular flexibility index (Phi) is 2.77. The number of ether oxygens (including phenoxy) is 2. The van der Waals surface area contributed by atoms with Gasteiger partial charge in [-0.1, -0.05) is 5.16 Å². The molecule has 0 bridgehead atoms. The minimum Gasteiger partial charge on any atom is -0.507 e. The Balaban J connectivity index is 1.66. The van der Waals surface area contributed by atoms with Gasteiger partial charge in [0.25, 0.3) is 0 Å². The minimum absolute atomic E-state index is 0.187. The smallest absolute Gasteiger partial charge is 0.231 e. The van der Waals surface area contributed by atoms with E-state index >= 15 is 0 Å². The van der Waals surface area contributed by atoms with E-state index in [9.17, 15) is 5.11 Å². The maximum atomic E-state index is 9.82. The average Bonchev–Trinajstić information content (AvgIpc) is 3.00. The van der Waals surface area contributed by atoms with Gasteiger partial charge >= 0.3 is 0 Å². The number of hydrogen-bond donors (Lipinski definition) is 2. The zero-order chi connectivity index (χ0) is 12.4. The number of phenolic OH excluding ortho intramolecular Hbond substituents is 1. The predicted molar refractivity (Wildman–Crippen MR) is 61.3 cm³/mol. The lowest BCUT2D eigenvalue weighted by Gasteiger charge is -2.07. The molecule has 1 aromatic heterocycles. The van der Waals surface area contributed by atoms with Gasteiger partial charge in [0.05, 0.1) is 5.69 Å². The lowest BCUT2D eigenvalue weighted by atomic mass is 10.1. The Morgan fingerprint density at radius 1 is 1.22 bits per heavy atom. The molecule has 94 valence electrons. The summed E-state index contributed by atoms with van der Waals surface area (Å²) in [5.74, 6) is 1.42. The maximum absolute atomic E-state index is 9.82. The molecule has 0 spiro atoms. The summed E-state index contributed by atoms with van der Waals surface area (Å²) in [6, 6.07) is 5.12. The van der Waals surface area contributed by atoms with Gasteiger partial charge in [0.15, 0.2) is 11.5 Å². The molecule has 0 radical (unpaired) electrons. The zero-order valence-electron chi connectivity index (χ0n) is 9.55. The average molecular weight is 248 g/mol. The molecular weight excluding hydrogens is 236 g/mol. The summed E-state index contributed by atoms with van der Waals surface area (Å²) < 4.78 is 15.2. The van der Waals surface area contributed by atoms with Crippen LogP contribution in [0.3, 0.4) is 0 Å². The molecule has 0 amide bonds. The highest BCUT2D eigenvalue weighted by atomic mass is 16.7. The lowest BCUT2D eigenvalue weighted by Crippen LogP contribution is -2.12. The third-order valence-corrected chi connectivity index (χ3v) is 2.69. The minimum atomic E-state index is 0.187. The van der Waals surface area contributed by atoms with Crippen molar-refractivity contribution in [3.8, 4) is 17.2 Å². The van der Waals surface area contributed by atoms with Gasteiger partial charge in [-0.25, -0.2) is 0 Å². The van der Waals surface area contributed by atoms with Gasteiger partial charge in [-0.05, 0) is 6.07 Å². The highest BCUT2D eigenvalue weighted by Gasteiger charge is 2.16.